The highest BCUT2D eigenvalue weighted by molar-refractivity contribution is 5.85. The second kappa shape index (κ2) is 9.64. The number of nitrogens with zero attached hydrogens (tertiary/aromatic N) is 4. The van der Waals surface area contributed by atoms with Crippen molar-refractivity contribution >= 4 is 24.3 Å². The minimum Gasteiger partial charge on any atom is -0.481 e. The second-order valence-corrected chi connectivity index (χ2v) is 6.28. The summed E-state index contributed by atoms with van der Waals surface area (Å²) in [5.41, 5.74) is 0. The molecule has 0 saturated carbocycles. The number of carbonyl (C=O) groups excluding carboxylic acids is 1. The Kier molecular flexibility index (Phi) is 8.21. The summed E-state index contributed by atoms with van der Waals surface area (Å²) in [7, 11) is 4.11. The summed E-state index contributed by atoms with van der Waals surface area (Å²) in [5.74, 6) is 0.105. The third-order valence-corrected chi connectivity index (χ3v) is 4.41. The van der Waals surface area contributed by atoms with E-state index in [-0.39, 0.29) is 24.7 Å². The molecule has 1 N–H and O–H groups in total. The number of aliphatic carboxylic acids is 1. The molecule has 0 aliphatic carbocycles. The quantitative estimate of drug-likeness (QED) is 0.794. The zero-order chi connectivity index (χ0) is 16.8. The van der Waals surface area contributed by atoms with E-state index in [1.54, 1.807) is 12.4 Å². The summed E-state index contributed by atoms with van der Waals surface area (Å²) >= 11 is 0. The molecule has 0 aromatic carbocycles. The fourth-order valence-corrected chi connectivity index (χ4v) is 2.97. The Labute approximate surface area is 149 Å². The molecule has 8 heteroatoms. The van der Waals surface area contributed by atoms with E-state index in [1.165, 1.54) is 0 Å². The minimum absolute atomic E-state index is 0. The Balaban J connectivity index is 0.00000288. The first-order valence-corrected chi connectivity index (χ1v) is 8.13. The third kappa shape index (κ3) is 5.79. The van der Waals surface area contributed by atoms with Crippen molar-refractivity contribution < 1.29 is 14.7 Å². The number of hydrogen-bond acceptors (Lipinski definition) is 4. The summed E-state index contributed by atoms with van der Waals surface area (Å²) in [5, 5.41) is 8.76. The molecule has 1 aromatic rings. The molecule has 1 fully saturated rings. The number of halogens is 1. The van der Waals surface area contributed by atoms with E-state index in [0.29, 0.717) is 25.4 Å². The maximum absolute atomic E-state index is 12.4. The predicted octanol–water partition coefficient (Wildman–Crippen LogP) is 1.26. The average Bonchev–Trinajstić information content (AvgIpc) is 2.98. The van der Waals surface area contributed by atoms with Crippen molar-refractivity contribution in [2.45, 2.75) is 44.7 Å². The van der Waals surface area contributed by atoms with Gasteiger partial charge in [-0.1, -0.05) is 0 Å². The standard InChI is InChI=1S/C16H26N4O3.ClH/c1-18(2)13-4-3-9-20(12-13)15(21)6-5-14-17-8-11-19(14)10-7-16(22)23;/h8,11,13H,3-7,9-10,12H2,1-2H3,(H,22,23);1H. The average molecular weight is 359 g/mol. The van der Waals surface area contributed by atoms with E-state index in [0.717, 1.165) is 31.8 Å². The molecule has 1 aliphatic heterocycles. The van der Waals surface area contributed by atoms with Crippen LogP contribution < -0.4 is 0 Å². The van der Waals surface area contributed by atoms with E-state index in [4.69, 9.17) is 5.11 Å². The number of likely N-dealkylation sites (tertiary alicyclic amines) is 1. The molecule has 1 aromatic heterocycles. The molecule has 2 rings (SSSR count). The smallest absolute Gasteiger partial charge is 0.305 e. The molecule has 1 aliphatic rings. The van der Waals surface area contributed by atoms with Gasteiger partial charge >= 0.3 is 5.97 Å². The molecule has 1 saturated heterocycles. The zero-order valence-electron chi connectivity index (χ0n) is 14.3. The largest absolute Gasteiger partial charge is 0.481 e. The van der Waals surface area contributed by atoms with Crippen LogP contribution in [0.1, 0.15) is 31.5 Å². The zero-order valence-corrected chi connectivity index (χ0v) is 15.2. The van der Waals surface area contributed by atoms with Gasteiger partial charge in [0.25, 0.3) is 0 Å². The maximum atomic E-state index is 12.4. The van der Waals surface area contributed by atoms with E-state index in [2.05, 4.69) is 24.0 Å². The summed E-state index contributed by atoms with van der Waals surface area (Å²) in [6, 6.07) is 0.435. The van der Waals surface area contributed by atoms with Crippen molar-refractivity contribution in [2.24, 2.45) is 0 Å². The number of piperidine rings is 1. The van der Waals surface area contributed by atoms with Gasteiger partial charge in [0.2, 0.25) is 5.91 Å². The monoisotopic (exact) mass is 358 g/mol. The van der Waals surface area contributed by atoms with Gasteiger partial charge in [-0.25, -0.2) is 4.98 Å². The highest BCUT2D eigenvalue weighted by Crippen LogP contribution is 2.15. The number of amides is 1. The summed E-state index contributed by atoms with van der Waals surface area (Å²) in [6.07, 6.45) is 6.64. The van der Waals surface area contributed by atoms with Gasteiger partial charge in [-0.15, -0.1) is 12.4 Å². The first-order chi connectivity index (χ1) is 11.0. The van der Waals surface area contributed by atoms with E-state index in [9.17, 15) is 9.59 Å². The van der Waals surface area contributed by atoms with Crippen molar-refractivity contribution in [2.75, 3.05) is 27.2 Å². The fraction of sp³-hybridized carbons (Fsp3) is 0.688. The van der Waals surface area contributed by atoms with Crippen LogP contribution in [0.3, 0.4) is 0 Å². The van der Waals surface area contributed by atoms with E-state index < -0.39 is 5.97 Å². The van der Waals surface area contributed by atoms with Crippen molar-refractivity contribution in [1.29, 1.82) is 0 Å². The van der Waals surface area contributed by atoms with Crippen LogP contribution in [0, 0.1) is 0 Å². The summed E-state index contributed by atoms with van der Waals surface area (Å²) in [6.45, 7) is 2.02. The maximum Gasteiger partial charge on any atom is 0.305 e. The molecule has 0 spiro atoms. The number of carbonyl (C=O) groups is 2. The van der Waals surface area contributed by atoms with Crippen LogP contribution in [-0.4, -0.2) is 69.6 Å². The first kappa shape index (κ1) is 20.4. The topological polar surface area (TPSA) is 78.7 Å². The molecule has 136 valence electrons. The number of imidazole rings is 1. The lowest BCUT2D eigenvalue weighted by Crippen LogP contribution is -2.47. The van der Waals surface area contributed by atoms with Crippen molar-refractivity contribution in [3.8, 4) is 0 Å². The summed E-state index contributed by atoms with van der Waals surface area (Å²) < 4.78 is 1.82. The number of carboxylic acids is 1. The molecular weight excluding hydrogens is 332 g/mol. The van der Waals surface area contributed by atoms with Gasteiger partial charge in [-0.05, 0) is 26.9 Å². The lowest BCUT2D eigenvalue weighted by molar-refractivity contribution is -0.137. The molecule has 1 atom stereocenters. The van der Waals surface area contributed by atoms with Gasteiger partial charge in [0.05, 0.1) is 6.42 Å². The van der Waals surface area contributed by atoms with Crippen LogP contribution >= 0.6 is 12.4 Å². The number of carboxylic acid groups (broad SMARTS) is 1. The molecule has 1 unspecified atom stereocenters. The first-order valence-electron chi connectivity index (χ1n) is 8.13. The molecule has 1 amide bonds. The molecule has 0 radical (unpaired) electrons. The minimum atomic E-state index is -0.830. The number of aromatic nitrogens is 2. The van der Waals surface area contributed by atoms with Crippen molar-refractivity contribution in [3.63, 3.8) is 0 Å². The summed E-state index contributed by atoms with van der Waals surface area (Å²) in [4.78, 5) is 31.4. The number of hydrogen-bond donors (Lipinski definition) is 1. The normalized spacial score (nSPS) is 17.6. The highest BCUT2D eigenvalue weighted by atomic mass is 35.5. The Hall–Kier alpha value is -1.60. The SMILES string of the molecule is CN(C)C1CCCN(C(=O)CCc2nccn2CCC(=O)O)C1.Cl. The molecule has 0 bridgehead atoms. The van der Waals surface area contributed by atoms with Gasteiger partial charge < -0.3 is 19.5 Å². The van der Waals surface area contributed by atoms with Crippen molar-refractivity contribution in [3.05, 3.63) is 18.2 Å². The van der Waals surface area contributed by atoms with Crippen molar-refractivity contribution in [1.82, 2.24) is 19.4 Å². The highest BCUT2D eigenvalue weighted by Gasteiger charge is 2.24. The second-order valence-electron chi connectivity index (χ2n) is 6.28. The van der Waals surface area contributed by atoms with Crippen LogP contribution in [0.15, 0.2) is 12.4 Å². The molecule has 7 nitrogen and oxygen atoms in total. The third-order valence-electron chi connectivity index (χ3n) is 4.41. The van der Waals surface area contributed by atoms with E-state index >= 15 is 0 Å². The Bertz CT molecular complexity index is 547. The van der Waals surface area contributed by atoms with Gasteiger partial charge in [-0.2, -0.15) is 0 Å². The van der Waals surface area contributed by atoms with Gasteiger partial charge in [0.15, 0.2) is 0 Å². The molecular formula is C16H27ClN4O3. The Morgan fingerprint density at radius 2 is 2.12 bits per heavy atom. The lowest BCUT2D eigenvalue weighted by atomic mass is 10.0. The number of rotatable bonds is 7. The van der Waals surface area contributed by atoms with Gasteiger partial charge in [0, 0.05) is 50.9 Å². The Morgan fingerprint density at radius 3 is 2.79 bits per heavy atom. The Morgan fingerprint density at radius 1 is 1.38 bits per heavy atom. The van der Waals surface area contributed by atoms with Crippen LogP contribution in [-0.2, 0) is 22.6 Å². The van der Waals surface area contributed by atoms with Crippen LogP contribution in [0.5, 0.6) is 0 Å². The lowest BCUT2D eigenvalue weighted by Gasteiger charge is -2.36. The van der Waals surface area contributed by atoms with Crippen LogP contribution in [0.2, 0.25) is 0 Å². The van der Waals surface area contributed by atoms with Gasteiger partial charge in [-0.3, -0.25) is 9.59 Å². The fourth-order valence-electron chi connectivity index (χ4n) is 2.97. The molecule has 24 heavy (non-hydrogen) atoms. The number of aryl methyl sites for hydroxylation is 2. The van der Waals surface area contributed by atoms with Crippen LogP contribution in [0.4, 0.5) is 0 Å². The van der Waals surface area contributed by atoms with E-state index in [1.807, 2.05) is 9.47 Å². The van der Waals surface area contributed by atoms with Gasteiger partial charge in [0.1, 0.15) is 5.82 Å². The molecule has 2 heterocycles. The van der Waals surface area contributed by atoms with Crippen LogP contribution in [0.25, 0.3) is 0 Å². The number of likely N-dealkylation sites (N-methyl/N-ethyl adjacent to an activating group) is 1. The predicted molar refractivity (Wildman–Crippen MR) is 93.3 cm³/mol.